The topological polar surface area (TPSA) is 91.4 Å². The quantitative estimate of drug-likeness (QED) is 0.507. The number of para-hydroxylation sites is 1. The minimum absolute atomic E-state index is 0.0893. The number of nitrogens with zero attached hydrogens (tertiary/aromatic N) is 1. The third kappa shape index (κ3) is 7.33. The van der Waals surface area contributed by atoms with E-state index in [0.29, 0.717) is 23.6 Å². The number of carbonyl (C=O) groups excluding carboxylic acids is 3. The average molecular weight is 429 g/mol. The highest BCUT2D eigenvalue weighted by Gasteiger charge is 2.21. The van der Waals surface area contributed by atoms with Crippen molar-refractivity contribution in [3.8, 4) is 11.5 Å². The summed E-state index contributed by atoms with van der Waals surface area (Å²) in [7, 11) is 3.09. The second kappa shape index (κ2) is 12.2. The largest absolute Gasteiger partial charge is 0.493 e. The molecule has 0 unspecified atom stereocenters. The number of benzene rings is 2. The number of hydrogen-bond donors (Lipinski definition) is 0. The number of ether oxygens (including phenoxy) is 4. The summed E-state index contributed by atoms with van der Waals surface area (Å²) >= 11 is 0. The molecule has 0 aromatic heterocycles. The van der Waals surface area contributed by atoms with Crippen molar-refractivity contribution < 1.29 is 33.3 Å². The number of rotatable bonds is 11. The molecule has 0 fully saturated rings. The summed E-state index contributed by atoms with van der Waals surface area (Å²) in [5, 5.41) is 0. The smallest absolute Gasteiger partial charge is 0.326 e. The van der Waals surface area contributed by atoms with Crippen molar-refractivity contribution in [2.75, 3.05) is 38.9 Å². The van der Waals surface area contributed by atoms with E-state index in [4.69, 9.17) is 18.9 Å². The number of amides is 1. The van der Waals surface area contributed by atoms with Gasteiger partial charge in [-0.05, 0) is 43.2 Å². The van der Waals surface area contributed by atoms with Crippen molar-refractivity contribution in [1.82, 2.24) is 0 Å². The molecule has 0 bridgehead atoms. The summed E-state index contributed by atoms with van der Waals surface area (Å²) in [6.45, 7) is 1.16. The van der Waals surface area contributed by atoms with Crippen LogP contribution in [0.15, 0.2) is 48.5 Å². The third-order valence-electron chi connectivity index (χ3n) is 4.38. The number of carbonyl (C=O) groups is 3. The van der Waals surface area contributed by atoms with Crippen molar-refractivity contribution in [3.05, 3.63) is 54.1 Å². The summed E-state index contributed by atoms with van der Waals surface area (Å²) in [6.07, 6.45) is 0.505. The van der Waals surface area contributed by atoms with Crippen LogP contribution in [0.2, 0.25) is 0 Å². The van der Waals surface area contributed by atoms with Gasteiger partial charge in [0.25, 0.3) is 5.91 Å². The van der Waals surface area contributed by atoms with Gasteiger partial charge in [-0.2, -0.15) is 0 Å². The zero-order valence-electron chi connectivity index (χ0n) is 18.0. The molecule has 0 N–H and O–H groups in total. The predicted molar refractivity (Wildman–Crippen MR) is 114 cm³/mol. The maximum Gasteiger partial charge on any atom is 0.326 e. The van der Waals surface area contributed by atoms with Crippen LogP contribution in [0.1, 0.15) is 18.9 Å². The van der Waals surface area contributed by atoms with E-state index in [9.17, 15) is 14.4 Å². The Morgan fingerprint density at radius 1 is 0.871 bits per heavy atom. The molecule has 31 heavy (non-hydrogen) atoms. The number of methoxy groups -OCH3 is 2. The van der Waals surface area contributed by atoms with Crippen LogP contribution in [0.3, 0.4) is 0 Å². The molecule has 0 atom stereocenters. The van der Waals surface area contributed by atoms with E-state index in [-0.39, 0.29) is 19.6 Å². The zero-order chi connectivity index (χ0) is 22.6. The Labute approximate surface area is 181 Å². The highest BCUT2D eigenvalue weighted by atomic mass is 16.5. The lowest BCUT2D eigenvalue weighted by molar-refractivity contribution is -0.148. The highest BCUT2D eigenvalue weighted by Crippen LogP contribution is 2.28. The normalized spacial score (nSPS) is 10.2. The van der Waals surface area contributed by atoms with E-state index in [1.54, 1.807) is 56.5 Å². The number of aryl methyl sites for hydroxylation is 1. The van der Waals surface area contributed by atoms with E-state index in [1.165, 1.54) is 12.0 Å². The molecular weight excluding hydrogens is 402 g/mol. The Balaban J connectivity index is 1.92. The fourth-order valence-corrected chi connectivity index (χ4v) is 2.84. The summed E-state index contributed by atoms with van der Waals surface area (Å²) in [4.78, 5) is 37.9. The van der Waals surface area contributed by atoms with E-state index < -0.39 is 24.5 Å². The fraction of sp³-hybridized carbons (Fsp3) is 0.348. The van der Waals surface area contributed by atoms with Gasteiger partial charge in [0.2, 0.25) is 0 Å². The van der Waals surface area contributed by atoms with Crippen LogP contribution in [-0.2, 0) is 30.3 Å². The van der Waals surface area contributed by atoms with Crippen molar-refractivity contribution in [3.63, 3.8) is 0 Å². The molecule has 8 nitrogen and oxygen atoms in total. The molecule has 1 amide bonds. The average Bonchev–Trinajstić information content (AvgIpc) is 2.80. The Hall–Kier alpha value is -3.55. The molecule has 0 aliphatic carbocycles. The molecule has 2 aromatic rings. The van der Waals surface area contributed by atoms with Crippen LogP contribution in [0.25, 0.3) is 0 Å². The van der Waals surface area contributed by atoms with Crippen molar-refractivity contribution in [2.24, 2.45) is 0 Å². The van der Waals surface area contributed by atoms with Gasteiger partial charge < -0.3 is 18.9 Å². The SMILES string of the molecule is CCOC(=O)CN(C(=O)COC(=O)CCc1ccc(OC)c(OC)c1)c1ccccc1. The van der Waals surface area contributed by atoms with Gasteiger partial charge in [0, 0.05) is 12.1 Å². The monoisotopic (exact) mass is 429 g/mol. The van der Waals surface area contributed by atoms with Crippen LogP contribution < -0.4 is 14.4 Å². The maximum atomic E-state index is 12.6. The van der Waals surface area contributed by atoms with Crippen LogP contribution in [-0.4, -0.2) is 51.8 Å². The molecular formula is C23H27NO7. The van der Waals surface area contributed by atoms with Crippen LogP contribution in [0, 0.1) is 0 Å². The molecule has 0 heterocycles. The molecule has 8 heteroatoms. The molecule has 0 spiro atoms. The Morgan fingerprint density at radius 3 is 2.23 bits per heavy atom. The second-order valence-electron chi connectivity index (χ2n) is 6.47. The molecule has 0 aliphatic heterocycles. The van der Waals surface area contributed by atoms with Crippen LogP contribution in [0.5, 0.6) is 11.5 Å². The van der Waals surface area contributed by atoms with Gasteiger partial charge in [-0.15, -0.1) is 0 Å². The first-order valence-corrected chi connectivity index (χ1v) is 9.86. The summed E-state index contributed by atoms with van der Waals surface area (Å²) in [5.74, 6) is -0.409. The van der Waals surface area contributed by atoms with Gasteiger partial charge in [-0.1, -0.05) is 24.3 Å². The standard InChI is InChI=1S/C23H27NO7/c1-4-30-23(27)15-24(18-8-6-5-7-9-18)21(25)16-31-22(26)13-11-17-10-12-19(28-2)20(14-17)29-3/h5-10,12,14H,4,11,13,15-16H2,1-3H3. The van der Waals surface area contributed by atoms with Gasteiger partial charge in [-0.3, -0.25) is 19.3 Å². The van der Waals surface area contributed by atoms with Gasteiger partial charge in [-0.25, -0.2) is 0 Å². The lowest BCUT2D eigenvalue weighted by Gasteiger charge is -2.21. The lowest BCUT2D eigenvalue weighted by Crippen LogP contribution is -2.39. The first-order valence-electron chi connectivity index (χ1n) is 9.86. The molecule has 0 aliphatic rings. The summed E-state index contributed by atoms with van der Waals surface area (Å²) in [6, 6.07) is 14.0. The van der Waals surface area contributed by atoms with E-state index in [0.717, 1.165) is 5.56 Å². The second-order valence-corrected chi connectivity index (χ2v) is 6.47. The first kappa shape index (κ1) is 23.7. The van der Waals surface area contributed by atoms with Crippen LogP contribution in [0.4, 0.5) is 5.69 Å². The van der Waals surface area contributed by atoms with E-state index >= 15 is 0 Å². The third-order valence-corrected chi connectivity index (χ3v) is 4.38. The zero-order valence-corrected chi connectivity index (χ0v) is 18.0. The predicted octanol–water partition coefficient (Wildman–Crippen LogP) is 2.78. The molecule has 2 rings (SSSR count). The fourth-order valence-electron chi connectivity index (χ4n) is 2.84. The number of anilines is 1. The molecule has 2 aromatic carbocycles. The Bertz CT molecular complexity index is 883. The highest BCUT2D eigenvalue weighted by molar-refractivity contribution is 5.99. The van der Waals surface area contributed by atoms with E-state index in [2.05, 4.69) is 0 Å². The molecule has 0 saturated carbocycles. The van der Waals surface area contributed by atoms with Crippen molar-refractivity contribution in [1.29, 1.82) is 0 Å². The molecule has 0 saturated heterocycles. The summed E-state index contributed by atoms with van der Waals surface area (Å²) in [5.41, 5.74) is 1.39. The minimum atomic E-state index is -0.542. The van der Waals surface area contributed by atoms with Gasteiger partial charge in [0.1, 0.15) is 6.54 Å². The minimum Gasteiger partial charge on any atom is -0.493 e. The van der Waals surface area contributed by atoms with Gasteiger partial charge >= 0.3 is 11.9 Å². The van der Waals surface area contributed by atoms with E-state index in [1.807, 2.05) is 6.07 Å². The Morgan fingerprint density at radius 2 is 1.58 bits per heavy atom. The summed E-state index contributed by atoms with van der Waals surface area (Å²) < 4.78 is 20.5. The van der Waals surface area contributed by atoms with Gasteiger partial charge in [0.05, 0.1) is 20.8 Å². The Kier molecular flexibility index (Phi) is 9.35. The number of hydrogen-bond acceptors (Lipinski definition) is 7. The maximum absolute atomic E-state index is 12.6. The van der Waals surface area contributed by atoms with Gasteiger partial charge in [0.15, 0.2) is 18.1 Å². The molecule has 166 valence electrons. The van der Waals surface area contributed by atoms with Crippen molar-refractivity contribution in [2.45, 2.75) is 19.8 Å². The molecule has 0 radical (unpaired) electrons. The lowest BCUT2D eigenvalue weighted by atomic mass is 10.1. The van der Waals surface area contributed by atoms with Crippen LogP contribution >= 0.6 is 0 Å². The number of esters is 2. The first-order chi connectivity index (χ1) is 15.0. The van der Waals surface area contributed by atoms with Crippen molar-refractivity contribution >= 4 is 23.5 Å².